The minimum atomic E-state index is -3.69. The third kappa shape index (κ3) is 5.26. The van der Waals surface area contributed by atoms with Crippen LogP contribution in [0.1, 0.15) is 24.4 Å². The highest BCUT2D eigenvalue weighted by molar-refractivity contribution is 7.89. The van der Waals surface area contributed by atoms with Gasteiger partial charge in [0.2, 0.25) is 15.9 Å². The summed E-state index contributed by atoms with van der Waals surface area (Å²) < 4.78 is 27.8. The van der Waals surface area contributed by atoms with Crippen molar-refractivity contribution in [3.63, 3.8) is 0 Å². The van der Waals surface area contributed by atoms with Gasteiger partial charge in [0.15, 0.2) is 0 Å². The van der Waals surface area contributed by atoms with Crippen LogP contribution in [-0.4, -0.2) is 24.3 Å². The number of thiazole rings is 1. The highest BCUT2D eigenvalue weighted by atomic mass is 32.2. The number of aryl methyl sites for hydroxylation is 1. The number of pyridine rings is 1. The van der Waals surface area contributed by atoms with Crippen LogP contribution in [0.2, 0.25) is 0 Å². The first-order valence-electron chi connectivity index (χ1n) is 9.03. The molecule has 1 aromatic carbocycles. The Hall–Kier alpha value is -2.62. The van der Waals surface area contributed by atoms with Gasteiger partial charge in [-0.3, -0.25) is 9.78 Å². The Morgan fingerprint density at radius 2 is 1.90 bits per heavy atom. The summed E-state index contributed by atoms with van der Waals surface area (Å²) in [5, 5.41) is 3.54. The normalized spacial score (nSPS) is 11.6. The third-order valence-corrected chi connectivity index (χ3v) is 6.80. The zero-order valence-electron chi connectivity index (χ0n) is 16.3. The lowest BCUT2D eigenvalue weighted by Crippen LogP contribution is -2.23. The number of rotatable bonds is 7. The van der Waals surface area contributed by atoms with Crippen LogP contribution >= 0.6 is 11.3 Å². The molecule has 0 fully saturated rings. The van der Waals surface area contributed by atoms with Crippen molar-refractivity contribution in [1.29, 1.82) is 0 Å². The van der Waals surface area contributed by atoms with Crippen LogP contribution in [0.15, 0.2) is 53.7 Å². The molecule has 2 N–H and O–H groups in total. The Morgan fingerprint density at radius 1 is 1.17 bits per heavy atom. The molecular weight excluding hydrogens is 408 g/mol. The standard InChI is InChI=1S/C20H22N4O3S2/c1-13(2)19(25)24-16-6-8-17(9-7-16)29(26,27)22-12-18-14(3)23-20(28-18)15-5-4-10-21-11-15/h4-11,13,22H,12H2,1-3H3,(H,24,25). The van der Waals surface area contributed by atoms with E-state index < -0.39 is 10.0 Å². The Bertz CT molecular complexity index is 1090. The van der Waals surface area contributed by atoms with Gasteiger partial charge >= 0.3 is 0 Å². The SMILES string of the molecule is Cc1nc(-c2cccnc2)sc1CNS(=O)(=O)c1ccc(NC(=O)C(C)C)cc1. The van der Waals surface area contributed by atoms with Crippen molar-refractivity contribution in [2.24, 2.45) is 5.92 Å². The van der Waals surface area contributed by atoms with Gasteiger partial charge in [-0.05, 0) is 43.3 Å². The van der Waals surface area contributed by atoms with Gasteiger partial charge in [0.25, 0.3) is 0 Å². The predicted molar refractivity (Wildman–Crippen MR) is 114 cm³/mol. The third-order valence-electron chi connectivity index (χ3n) is 4.18. The van der Waals surface area contributed by atoms with Gasteiger partial charge in [-0.15, -0.1) is 11.3 Å². The molecule has 0 saturated carbocycles. The molecule has 0 unspecified atom stereocenters. The smallest absolute Gasteiger partial charge is 0.240 e. The highest BCUT2D eigenvalue weighted by Gasteiger charge is 2.17. The van der Waals surface area contributed by atoms with Gasteiger partial charge in [-0.25, -0.2) is 18.1 Å². The van der Waals surface area contributed by atoms with E-state index in [2.05, 4.69) is 20.0 Å². The van der Waals surface area contributed by atoms with Gasteiger partial charge in [0, 0.05) is 41.0 Å². The molecule has 7 nitrogen and oxygen atoms in total. The Labute approximate surface area is 174 Å². The van der Waals surface area contributed by atoms with E-state index >= 15 is 0 Å². The van der Waals surface area contributed by atoms with Gasteiger partial charge in [0.05, 0.1) is 10.6 Å². The molecule has 0 aliphatic heterocycles. The van der Waals surface area contributed by atoms with E-state index in [4.69, 9.17) is 0 Å². The van der Waals surface area contributed by atoms with Crippen molar-refractivity contribution in [3.05, 3.63) is 59.4 Å². The maximum atomic E-state index is 12.6. The van der Waals surface area contributed by atoms with Crippen LogP contribution in [0.25, 0.3) is 10.6 Å². The van der Waals surface area contributed by atoms with E-state index in [1.807, 2.05) is 19.1 Å². The number of carbonyl (C=O) groups excluding carboxylic acids is 1. The summed E-state index contributed by atoms with van der Waals surface area (Å²) in [5.41, 5.74) is 2.24. The first kappa shape index (κ1) is 21.1. The first-order chi connectivity index (χ1) is 13.8. The molecule has 1 amide bonds. The Kier molecular flexibility index (Phi) is 6.41. The molecule has 0 atom stereocenters. The molecule has 0 radical (unpaired) electrons. The fourth-order valence-electron chi connectivity index (χ4n) is 2.45. The molecule has 0 spiro atoms. The fourth-order valence-corrected chi connectivity index (χ4v) is 4.53. The molecule has 3 rings (SSSR count). The largest absolute Gasteiger partial charge is 0.326 e. The number of aromatic nitrogens is 2. The predicted octanol–water partition coefficient (Wildman–Crippen LogP) is 3.59. The highest BCUT2D eigenvalue weighted by Crippen LogP contribution is 2.27. The number of nitrogens with one attached hydrogen (secondary N) is 2. The molecule has 9 heteroatoms. The molecule has 0 saturated heterocycles. The average molecular weight is 431 g/mol. The van der Waals surface area contributed by atoms with Gasteiger partial charge in [-0.1, -0.05) is 13.8 Å². The maximum absolute atomic E-state index is 12.6. The first-order valence-corrected chi connectivity index (χ1v) is 11.3. The number of hydrogen-bond donors (Lipinski definition) is 2. The molecular formula is C20H22N4O3S2. The lowest BCUT2D eigenvalue weighted by atomic mass is 10.2. The van der Waals surface area contributed by atoms with Crippen molar-refractivity contribution >= 4 is 33.0 Å². The number of nitrogens with zero attached hydrogens (tertiary/aromatic N) is 2. The van der Waals surface area contributed by atoms with Crippen molar-refractivity contribution in [3.8, 4) is 10.6 Å². The van der Waals surface area contributed by atoms with Crippen molar-refractivity contribution in [2.75, 3.05) is 5.32 Å². The average Bonchev–Trinajstić information content (AvgIpc) is 3.08. The second-order valence-electron chi connectivity index (χ2n) is 6.76. The zero-order chi connectivity index (χ0) is 21.0. The molecule has 2 heterocycles. The van der Waals surface area contributed by atoms with Crippen LogP contribution in [0.4, 0.5) is 5.69 Å². The quantitative estimate of drug-likeness (QED) is 0.597. The second kappa shape index (κ2) is 8.81. The molecule has 0 aliphatic rings. The minimum absolute atomic E-state index is 0.121. The summed E-state index contributed by atoms with van der Waals surface area (Å²) in [7, 11) is -3.69. The molecule has 152 valence electrons. The topological polar surface area (TPSA) is 101 Å². The summed E-state index contributed by atoms with van der Waals surface area (Å²) in [4.78, 5) is 21.3. The molecule has 0 bridgehead atoms. The van der Waals surface area contributed by atoms with Gasteiger partial charge in [0.1, 0.15) is 5.01 Å². The van der Waals surface area contributed by atoms with E-state index in [0.717, 1.165) is 21.1 Å². The number of carbonyl (C=O) groups is 1. The van der Waals surface area contributed by atoms with E-state index in [1.54, 1.807) is 38.4 Å². The molecule has 3 aromatic rings. The molecule has 0 aliphatic carbocycles. The van der Waals surface area contributed by atoms with Crippen molar-refractivity contribution < 1.29 is 13.2 Å². The van der Waals surface area contributed by atoms with Crippen molar-refractivity contribution in [2.45, 2.75) is 32.2 Å². The molecule has 29 heavy (non-hydrogen) atoms. The minimum Gasteiger partial charge on any atom is -0.326 e. The number of benzene rings is 1. The van der Waals surface area contributed by atoms with Gasteiger partial charge in [-0.2, -0.15) is 0 Å². The number of anilines is 1. The zero-order valence-corrected chi connectivity index (χ0v) is 18.0. The number of hydrogen-bond acceptors (Lipinski definition) is 6. The monoisotopic (exact) mass is 430 g/mol. The molecule has 2 aromatic heterocycles. The summed E-state index contributed by atoms with van der Waals surface area (Å²) in [6.07, 6.45) is 3.42. The number of sulfonamides is 1. The summed E-state index contributed by atoms with van der Waals surface area (Å²) in [6.45, 7) is 5.59. The van der Waals surface area contributed by atoms with Crippen LogP contribution < -0.4 is 10.0 Å². The summed E-state index contributed by atoms with van der Waals surface area (Å²) in [5.74, 6) is -0.275. The van der Waals surface area contributed by atoms with E-state index in [-0.39, 0.29) is 23.3 Å². The van der Waals surface area contributed by atoms with Crippen LogP contribution in [0.5, 0.6) is 0 Å². The van der Waals surface area contributed by atoms with E-state index in [0.29, 0.717) is 5.69 Å². The van der Waals surface area contributed by atoms with Crippen LogP contribution in [0.3, 0.4) is 0 Å². The number of amides is 1. The second-order valence-corrected chi connectivity index (χ2v) is 9.61. The van der Waals surface area contributed by atoms with E-state index in [1.165, 1.54) is 23.5 Å². The van der Waals surface area contributed by atoms with Crippen molar-refractivity contribution in [1.82, 2.24) is 14.7 Å². The van der Waals surface area contributed by atoms with E-state index in [9.17, 15) is 13.2 Å². The maximum Gasteiger partial charge on any atom is 0.240 e. The Morgan fingerprint density at radius 3 is 2.52 bits per heavy atom. The Balaban J connectivity index is 1.69. The fraction of sp³-hybridized carbons (Fsp3) is 0.250. The van der Waals surface area contributed by atoms with Gasteiger partial charge < -0.3 is 5.32 Å². The van der Waals surface area contributed by atoms with Crippen LogP contribution in [0, 0.1) is 12.8 Å². The van der Waals surface area contributed by atoms with Crippen LogP contribution in [-0.2, 0) is 21.4 Å². The summed E-state index contributed by atoms with van der Waals surface area (Å²) in [6, 6.07) is 9.85. The summed E-state index contributed by atoms with van der Waals surface area (Å²) >= 11 is 1.43. The lowest BCUT2D eigenvalue weighted by Gasteiger charge is -2.09. The lowest BCUT2D eigenvalue weighted by molar-refractivity contribution is -0.118.